The Balaban J connectivity index is 2.62. The monoisotopic (exact) mass is 318 g/mol. The second kappa shape index (κ2) is 7.13. The van der Waals surface area contributed by atoms with E-state index in [1.807, 2.05) is 0 Å². The average Bonchev–Trinajstić information content (AvgIpc) is 2.39. The minimum atomic E-state index is -4.54. The van der Waals surface area contributed by atoms with Crippen LogP contribution < -0.4 is 16.0 Å². The first kappa shape index (κ1) is 17.8. The zero-order chi connectivity index (χ0) is 16.1. The third-order valence-corrected chi connectivity index (χ3v) is 3.46. The van der Waals surface area contributed by atoms with Gasteiger partial charge < -0.3 is 14.5 Å². The summed E-state index contributed by atoms with van der Waals surface area (Å²) in [7, 11) is -4.54. The summed E-state index contributed by atoms with van der Waals surface area (Å²) in [6.45, 7) is 2.60. The molecular formula is C12H19N2O6P. The van der Waals surface area contributed by atoms with Crippen LogP contribution in [0.3, 0.4) is 0 Å². The van der Waals surface area contributed by atoms with E-state index >= 15 is 0 Å². The first-order chi connectivity index (χ1) is 9.66. The maximum atomic E-state index is 11.5. The second-order valence-corrected chi connectivity index (χ2v) is 5.97. The summed E-state index contributed by atoms with van der Waals surface area (Å²) in [5, 5.41) is 0. The van der Waals surface area contributed by atoms with Gasteiger partial charge in [0.25, 0.3) is 0 Å². The van der Waals surface area contributed by atoms with Gasteiger partial charge in [-0.05, 0) is 38.0 Å². The molecule has 0 saturated carbocycles. The Morgan fingerprint density at radius 3 is 2.38 bits per heavy atom. The number of carbonyl (C=O) groups excluding carboxylic acids is 1. The van der Waals surface area contributed by atoms with Crippen molar-refractivity contribution < 1.29 is 28.4 Å². The molecule has 0 bridgehead atoms. The molecule has 0 aliphatic rings. The Hall–Kier alpha value is -1.28. The molecule has 0 saturated heterocycles. The number of nitrogens with one attached hydrogen (secondary N) is 1. The van der Waals surface area contributed by atoms with Crippen molar-refractivity contribution in [3.05, 3.63) is 29.8 Å². The Morgan fingerprint density at radius 2 is 1.95 bits per heavy atom. The van der Waals surface area contributed by atoms with E-state index in [-0.39, 0.29) is 5.78 Å². The molecule has 0 heterocycles. The van der Waals surface area contributed by atoms with Crippen LogP contribution in [-0.4, -0.2) is 27.9 Å². The fourth-order valence-corrected chi connectivity index (χ4v) is 1.74. The van der Waals surface area contributed by atoms with Gasteiger partial charge in [0, 0.05) is 0 Å². The van der Waals surface area contributed by atoms with Crippen LogP contribution in [-0.2, 0) is 20.3 Å². The molecule has 0 aromatic heterocycles. The fraction of sp³-hybridized carbons (Fsp3) is 0.417. The number of phosphoric ester groups is 1. The summed E-state index contributed by atoms with van der Waals surface area (Å²) in [6.07, 6.45) is 0.401. The molecule has 1 aromatic carbocycles. The molecule has 0 amide bonds. The lowest BCUT2D eigenvalue weighted by atomic mass is 9.90. The van der Waals surface area contributed by atoms with E-state index in [0.717, 1.165) is 5.56 Å². The van der Waals surface area contributed by atoms with E-state index < -0.39 is 20.2 Å². The van der Waals surface area contributed by atoms with Crippen LogP contribution in [0.15, 0.2) is 24.3 Å². The third kappa shape index (κ3) is 5.92. The van der Waals surface area contributed by atoms with Crippen molar-refractivity contribution in [3.8, 4) is 5.75 Å². The molecule has 0 radical (unpaired) electrons. The van der Waals surface area contributed by atoms with Crippen molar-refractivity contribution in [2.45, 2.75) is 25.8 Å². The van der Waals surface area contributed by atoms with Crippen molar-refractivity contribution in [2.24, 2.45) is 5.84 Å². The van der Waals surface area contributed by atoms with E-state index in [4.69, 9.17) is 20.4 Å². The Morgan fingerprint density at radius 1 is 1.38 bits per heavy atom. The van der Waals surface area contributed by atoms with Crippen LogP contribution >= 0.6 is 7.82 Å². The Bertz CT molecular complexity index is 529. The lowest BCUT2D eigenvalue weighted by Gasteiger charge is -2.25. The lowest BCUT2D eigenvalue weighted by molar-refractivity contribution is -0.122. The summed E-state index contributed by atoms with van der Waals surface area (Å²) in [5.41, 5.74) is 2.50. The number of ether oxygens (including phenoxy) is 1. The Kier molecular flexibility index (Phi) is 6.03. The number of hydrogen-bond acceptors (Lipinski definition) is 6. The first-order valence-corrected chi connectivity index (χ1v) is 7.60. The number of hydrazine groups is 1. The van der Waals surface area contributed by atoms with Gasteiger partial charge in [0.05, 0.1) is 5.54 Å². The zero-order valence-corrected chi connectivity index (χ0v) is 12.7. The number of ketones is 1. The van der Waals surface area contributed by atoms with E-state index in [1.54, 1.807) is 31.2 Å². The largest absolute Gasteiger partial charge is 0.472 e. The number of phosphoric acid groups is 1. The maximum Gasteiger partial charge on any atom is 0.472 e. The van der Waals surface area contributed by atoms with E-state index in [9.17, 15) is 9.36 Å². The summed E-state index contributed by atoms with van der Waals surface area (Å²) in [5.74, 6) is 5.71. The molecule has 0 spiro atoms. The number of benzene rings is 1. The minimum absolute atomic E-state index is 0.0830. The third-order valence-electron chi connectivity index (χ3n) is 3.02. The van der Waals surface area contributed by atoms with E-state index in [1.165, 1.54) is 6.92 Å². The summed E-state index contributed by atoms with van der Waals surface area (Å²) >= 11 is 0. The number of Topliss-reactive ketones (excluding diaryl/α,β-unsaturated/α-hetero) is 1. The molecule has 1 rings (SSSR count). The van der Waals surface area contributed by atoms with Gasteiger partial charge in [-0.25, -0.2) is 14.5 Å². The minimum Gasteiger partial charge on any atom is -0.467 e. The molecule has 9 heteroatoms. The van der Waals surface area contributed by atoms with Crippen molar-refractivity contribution >= 4 is 13.6 Å². The quantitative estimate of drug-likeness (QED) is 0.236. The van der Waals surface area contributed by atoms with Gasteiger partial charge in [-0.15, -0.1) is 0 Å². The van der Waals surface area contributed by atoms with Crippen molar-refractivity contribution in [2.75, 3.05) is 6.79 Å². The predicted molar refractivity (Wildman–Crippen MR) is 75.2 cm³/mol. The van der Waals surface area contributed by atoms with Gasteiger partial charge >= 0.3 is 7.82 Å². The molecule has 0 aliphatic heterocycles. The topological polar surface area (TPSA) is 131 Å². The molecule has 0 unspecified atom stereocenters. The average molecular weight is 318 g/mol. The normalized spacial score (nSPS) is 14.5. The molecular weight excluding hydrogens is 299 g/mol. The van der Waals surface area contributed by atoms with Gasteiger partial charge in [0.2, 0.25) is 0 Å². The molecule has 5 N–H and O–H groups in total. The number of nitrogens with two attached hydrogens (primary N) is 1. The van der Waals surface area contributed by atoms with E-state index in [2.05, 4.69) is 9.95 Å². The zero-order valence-electron chi connectivity index (χ0n) is 11.8. The lowest BCUT2D eigenvalue weighted by Crippen LogP contribution is -2.53. The molecule has 118 valence electrons. The highest BCUT2D eigenvalue weighted by Gasteiger charge is 2.28. The van der Waals surface area contributed by atoms with E-state index in [0.29, 0.717) is 12.2 Å². The highest BCUT2D eigenvalue weighted by atomic mass is 31.2. The SMILES string of the molecule is CC(=O)[C@](C)(Cc1ccc(OCOP(=O)(O)O)cc1)NN. The number of hydrogen-bond donors (Lipinski definition) is 4. The molecule has 8 nitrogen and oxygen atoms in total. The van der Waals surface area contributed by atoms with Crippen LogP contribution in [0.25, 0.3) is 0 Å². The summed E-state index contributed by atoms with van der Waals surface area (Å²) in [6, 6.07) is 6.67. The van der Waals surface area contributed by atoms with Gasteiger partial charge in [0.15, 0.2) is 12.6 Å². The second-order valence-electron chi connectivity index (χ2n) is 4.74. The van der Waals surface area contributed by atoms with Crippen LogP contribution in [0.2, 0.25) is 0 Å². The van der Waals surface area contributed by atoms with Crippen LogP contribution in [0.1, 0.15) is 19.4 Å². The number of rotatable bonds is 8. The van der Waals surface area contributed by atoms with Crippen LogP contribution in [0.5, 0.6) is 5.75 Å². The highest BCUT2D eigenvalue weighted by Crippen LogP contribution is 2.35. The number of carbonyl (C=O) groups is 1. The standard InChI is InChI=1S/C12H19N2O6P/c1-9(15)12(2,14-13)7-10-3-5-11(6-4-10)19-8-20-21(16,17)18/h3-6,14H,7-8,13H2,1-2H3,(H2,16,17,18)/t12-/m0/s1. The van der Waals surface area contributed by atoms with Crippen LogP contribution in [0, 0.1) is 0 Å². The van der Waals surface area contributed by atoms with Crippen molar-refractivity contribution in [1.29, 1.82) is 0 Å². The fourth-order valence-electron chi connectivity index (χ4n) is 1.55. The Labute approximate surface area is 122 Å². The highest BCUT2D eigenvalue weighted by molar-refractivity contribution is 7.46. The summed E-state index contributed by atoms with van der Waals surface area (Å²) in [4.78, 5) is 28.6. The molecule has 0 fully saturated rings. The predicted octanol–water partition coefficient (Wildman–Crippen LogP) is 0.486. The molecule has 0 aliphatic carbocycles. The maximum absolute atomic E-state index is 11.5. The van der Waals surface area contributed by atoms with Gasteiger partial charge in [-0.3, -0.25) is 10.6 Å². The molecule has 1 atom stereocenters. The van der Waals surface area contributed by atoms with Gasteiger partial charge in [-0.1, -0.05) is 12.1 Å². The molecule has 21 heavy (non-hydrogen) atoms. The van der Waals surface area contributed by atoms with Gasteiger partial charge in [0.1, 0.15) is 5.75 Å². The smallest absolute Gasteiger partial charge is 0.467 e. The summed E-state index contributed by atoms with van der Waals surface area (Å²) < 4.78 is 19.7. The first-order valence-electron chi connectivity index (χ1n) is 6.07. The van der Waals surface area contributed by atoms with Crippen LogP contribution in [0.4, 0.5) is 0 Å². The van der Waals surface area contributed by atoms with Gasteiger partial charge in [-0.2, -0.15) is 0 Å². The van der Waals surface area contributed by atoms with Crippen molar-refractivity contribution in [3.63, 3.8) is 0 Å². The molecule has 1 aromatic rings. The van der Waals surface area contributed by atoms with Crippen molar-refractivity contribution in [1.82, 2.24) is 5.43 Å².